The molecule has 0 atom stereocenters. The number of benzene rings is 4. The zero-order valence-corrected chi connectivity index (χ0v) is 13.0. The van der Waals surface area contributed by atoms with Crippen LogP contribution in [0.3, 0.4) is 0 Å². The fraction of sp³-hybridized carbons (Fsp3) is 0.0909. The van der Waals surface area contributed by atoms with E-state index in [1.54, 1.807) is 7.11 Å². The molecule has 0 N–H and O–H groups in total. The molecule has 0 amide bonds. The fourth-order valence-corrected chi connectivity index (χ4v) is 3.89. The van der Waals surface area contributed by atoms with Gasteiger partial charge in [-0.2, -0.15) is 0 Å². The first-order chi connectivity index (χ1) is 11.3. The summed E-state index contributed by atoms with van der Waals surface area (Å²) in [4.78, 5) is 0. The Hall–Kier alpha value is -2.80. The van der Waals surface area contributed by atoms with Crippen LogP contribution in [0.4, 0.5) is 0 Å². The minimum Gasteiger partial charge on any atom is -0.497 e. The number of fused-ring (bicyclic) bond motifs is 7. The lowest BCUT2D eigenvalue weighted by Gasteiger charge is -2.09. The average Bonchev–Trinajstić information content (AvgIpc) is 3.00. The van der Waals surface area contributed by atoms with Crippen LogP contribution in [-0.2, 0) is 6.42 Å². The molecular formula is C22H16O. The molecule has 0 fully saturated rings. The molecule has 0 heterocycles. The first kappa shape index (κ1) is 12.7. The highest BCUT2D eigenvalue weighted by molar-refractivity contribution is 6.05. The second kappa shape index (κ2) is 4.60. The SMILES string of the molecule is COc1ccc2ccc3c(c2c1)Cc1ccc2ccccc2c1-3. The lowest BCUT2D eigenvalue weighted by atomic mass is 9.96. The molecule has 0 saturated carbocycles. The lowest BCUT2D eigenvalue weighted by molar-refractivity contribution is 0.415. The largest absolute Gasteiger partial charge is 0.497 e. The second-order valence-corrected chi connectivity index (χ2v) is 6.18. The maximum absolute atomic E-state index is 5.43. The Balaban J connectivity index is 1.87. The highest BCUT2D eigenvalue weighted by Gasteiger charge is 2.22. The number of hydrogen-bond acceptors (Lipinski definition) is 1. The molecule has 5 rings (SSSR count). The van der Waals surface area contributed by atoms with Gasteiger partial charge in [0.05, 0.1) is 7.11 Å². The first-order valence-electron chi connectivity index (χ1n) is 7.96. The highest BCUT2D eigenvalue weighted by Crippen LogP contribution is 2.44. The minimum atomic E-state index is 0.923. The van der Waals surface area contributed by atoms with Crippen molar-refractivity contribution in [3.8, 4) is 16.9 Å². The van der Waals surface area contributed by atoms with E-state index in [2.05, 4.69) is 60.7 Å². The molecule has 0 bridgehead atoms. The Bertz CT molecular complexity index is 1080. The van der Waals surface area contributed by atoms with Gasteiger partial charge in [-0.1, -0.05) is 54.6 Å². The van der Waals surface area contributed by atoms with Crippen LogP contribution in [-0.4, -0.2) is 7.11 Å². The zero-order valence-electron chi connectivity index (χ0n) is 13.0. The van der Waals surface area contributed by atoms with E-state index < -0.39 is 0 Å². The van der Waals surface area contributed by atoms with Crippen LogP contribution < -0.4 is 4.74 Å². The van der Waals surface area contributed by atoms with Crippen molar-refractivity contribution >= 4 is 21.5 Å². The van der Waals surface area contributed by atoms with Crippen LogP contribution in [0.2, 0.25) is 0 Å². The van der Waals surface area contributed by atoms with Crippen LogP contribution in [0.1, 0.15) is 11.1 Å². The number of ether oxygens (including phenoxy) is 1. The minimum absolute atomic E-state index is 0.923. The van der Waals surface area contributed by atoms with Crippen LogP contribution in [0, 0.1) is 0 Å². The van der Waals surface area contributed by atoms with E-state index in [9.17, 15) is 0 Å². The smallest absolute Gasteiger partial charge is 0.119 e. The van der Waals surface area contributed by atoms with Crippen LogP contribution in [0.25, 0.3) is 32.7 Å². The van der Waals surface area contributed by atoms with Crippen molar-refractivity contribution in [2.75, 3.05) is 7.11 Å². The summed E-state index contributed by atoms with van der Waals surface area (Å²) < 4.78 is 5.43. The number of rotatable bonds is 1. The van der Waals surface area contributed by atoms with E-state index in [0.29, 0.717) is 0 Å². The summed E-state index contributed by atoms with van der Waals surface area (Å²) in [5.41, 5.74) is 5.63. The molecule has 23 heavy (non-hydrogen) atoms. The van der Waals surface area contributed by atoms with Crippen molar-refractivity contribution in [2.24, 2.45) is 0 Å². The van der Waals surface area contributed by atoms with E-state index in [-0.39, 0.29) is 0 Å². The molecule has 0 radical (unpaired) electrons. The van der Waals surface area contributed by atoms with Gasteiger partial charge in [0.1, 0.15) is 5.75 Å². The van der Waals surface area contributed by atoms with Crippen molar-refractivity contribution in [1.82, 2.24) is 0 Å². The summed E-state index contributed by atoms with van der Waals surface area (Å²) in [7, 11) is 1.73. The summed E-state index contributed by atoms with van der Waals surface area (Å²) in [6.45, 7) is 0. The summed E-state index contributed by atoms with van der Waals surface area (Å²) in [5.74, 6) is 0.923. The standard InChI is InChI=1S/C22H16O/c1-23-17-10-8-15-9-11-19-21(20(15)13-17)12-16-7-6-14-4-2-3-5-18(14)22(16)19/h2-11,13H,12H2,1H3. The highest BCUT2D eigenvalue weighted by atomic mass is 16.5. The van der Waals surface area contributed by atoms with Crippen LogP contribution >= 0.6 is 0 Å². The molecule has 0 aromatic heterocycles. The first-order valence-corrected chi connectivity index (χ1v) is 7.96. The molecule has 110 valence electrons. The molecule has 1 aliphatic carbocycles. The molecule has 0 saturated heterocycles. The van der Waals surface area contributed by atoms with Gasteiger partial charge in [-0.15, -0.1) is 0 Å². The molecular weight excluding hydrogens is 280 g/mol. The summed E-state index contributed by atoms with van der Waals surface area (Å²) in [6, 6.07) is 24.0. The lowest BCUT2D eigenvalue weighted by Crippen LogP contribution is -1.87. The second-order valence-electron chi connectivity index (χ2n) is 6.18. The van der Waals surface area contributed by atoms with Crippen molar-refractivity contribution in [1.29, 1.82) is 0 Å². The number of hydrogen-bond donors (Lipinski definition) is 0. The monoisotopic (exact) mass is 296 g/mol. The molecule has 0 spiro atoms. The fourth-order valence-electron chi connectivity index (χ4n) is 3.89. The molecule has 0 unspecified atom stereocenters. The topological polar surface area (TPSA) is 9.23 Å². The van der Waals surface area contributed by atoms with Gasteiger partial charge in [-0.05, 0) is 62.4 Å². The third-order valence-electron chi connectivity index (χ3n) is 4.99. The molecule has 1 heteroatoms. The average molecular weight is 296 g/mol. The maximum Gasteiger partial charge on any atom is 0.119 e. The molecule has 1 aliphatic rings. The van der Waals surface area contributed by atoms with Crippen molar-refractivity contribution in [2.45, 2.75) is 6.42 Å². The predicted molar refractivity (Wildman–Crippen MR) is 96.2 cm³/mol. The van der Waals surface area contributed by atoms with E-state index in [1.807, 2.05) is 6.07 Å². The van der Waals surface area contributed by atoms with Gasteiger partial charge in [0.2, 0.25) is 0 Å². The molecule has 4 aromatic carbocycles. The summed E-state index contributed by atoms with van der Waals surface area (Å²) in [5, 5.41) is 5.25. The van der Waals surface area contributed by atoms with E-state index >= 15 is 0 Å². The van der Waals surface area contributed by atoms with E-state index in [4.69, 9.17) is 4.74 Å². The van der Waals surface area contributed by atoms with Gasteiger partial charge in [-0.25, -0.2) is 0 Å². The third-order valence-corrected chi connectivity index (χ3v) is 4.99. The van der Waals surface area contributed by atoms with E-state index in [1.165, 1.54) is 43.8 Å². The Kier molecular flexibility index (Phi) is 2.54. The van der Waals surface area contributed by atoms with Gasteiger partial charge in [0, 0.05) is 0 Å². The molecule has 4 aromatic rings. The van der Waals surface area contributed by atoms with Gasteiger partial charge in [-0.3, -0.25) is 0 Å². The maximum atomic E-state index is 5.43. The summed E-state index contributed by atoms with van der Waals surface area (Å²) >= 11 is 0. The summed E-state index contributed by atoms with van der Waals surface area (Å²) in [6.07, 6.45) is 1.00. The Labute approximate surface area is 135 Å². The number of methoxy groups -OCH3 is 1. The van der Waals surface area contributed by atoms with Crippen LogP contribution in [0.5, 0.6) is 5.75 Å². The van der Waals surface area contributed by atoms with E-state index in [0.717, 1.165) is 12.2 Å². The molecule has 1 nitrogen and oxygen atoms in total. The quantitative estimate of drug-likeness (QED) is 0.393. The molecule has 0 aliphatic heterocycles. The Morgan fingerprint density at radius 1 is 0.783 bits per heavy atom. The zero-order chi connectivity index (χ0) is 15.4. The normalized spacial score (nSPS) is 12.4. The van der Waals surface area contributed by atoms with Gasteiger partial charge in [0.15, 0.2) is 0 Å². The van der Waals surface area contributed by atoms with Crippen molar-refractivity contribution in [3.63, 3.8) is 0 Å². The Morgan fingerprint density at radius 3 is 2.48 bits per heavy atom. The Morgan fingerprint density at radius 2 is 1.57 bits per heavy atom. The third kappa shape index (κ3) is 1.74. The van der Waals surface area contributed by atoms with Crippen LogP contribution in [0.15, 0.2) is 66.7 Å². The van der Waals surface area contributed by atoms with Gasteiger partial charge < -0.3 is 4.74 Å². The van der Waals surface area contributed by atoms with Crippen molar-refractivity contribution < 1.29 is 4.74 Å². The van der Waals surface area contributed by atoms with Gasteiger partial charge in [0.25, 0.3) is 0 Å². The van der Waals surface area contributed by atoms with Gasteiger partial charge >= 0.3 is 0 Å². The van der Waals surface area contributed by atoms with Crippen molar-refractivity contribution in [3.05, 3.63) is 77.9 Å². The predicted octanol–water partition coefficient (Wildman–Crippen LogP) is 5.57.